The fraction of sp³-hybridized carbons (Fsp3) is 0.613. The van der Waals surface area contributed by atoms with Crippen LogP contribution in [0.1, 0.15) is 25.8 Å². The van der Waals surface area contributed by atoms with Crippen molar-refractivity contribution < 1.29 is 56.4 Å². The van der Waals surface area contributed by atoms with Crippen LogP contribution in [0.2, 0.25) is 0 Å². The highest BCUT2D eigenvalue weighted by molar-refractivity contribution is 7.61. The van der Waals surface area contributed by atoms with Crippen molar-refractivity contribution in [2.24, 2.45) is 0 Å². The summed E-state index contributed by atoms with van der Waals surface area (Å²) in [6.45, 7) is 5.76. The molecule has 0 aromatic carbocycles. The molecule has 0 saturated carbocycles. The number of ether oxygens (including phenoxy) is 6. The molecule has 6 N–H and O–H groups in total. The molecule has 2 unspecified atom stereocenters. The monoisotopic (exact) mass is 819 g/mol. The summed E-state index contributed by atoms with van der Waals surface area (Å²) < 4.78 is 68.4. The maximum absolute atomic E-state index is 12.1. The number of nitrogens with one attached hydrogen (secondary N) is 2. The van der Waals surface area contributed by atoms with Crippen molar-refractivity contribution >= 4 is 14.7 Å². The van der Waals surface area contributed by atoms with E-state index in [1.165, 1.54) is 81.5 Å². The van der Waals surface area contributed by atoms with Gasteiger partial charge in [0.2, 0.25) is 14.7 Å². The molecule has 0 aliphatic carbocycles. The summed E-state index contributed by atoms with van der Waals surface area (Å²) in [7, 11) is 0.000993. The highest BCUT2D eigenvalue weighted by Crippen LogP contribution is 2.43. The van der Waals surface area contributed by atoms with E-state index in [0.29, 0.717) is 26.2 Å². The molecular weight excluding hydrogens is 763 g/mol. The zero-order valence-corrected chi connectivity index (χ0v) is 33.4. The minimum Gasteiger partial charge on any atom is -0.393 e. The molecule has 0 fully saturated rings. The van der Waals surface area contributed by atoms with Gasteiger partial charge in [-0.3, -0.25) is 42.5 Å². The van der Waals surface area contributed by atoms with E-state index in [4.69, 9.17) is 37.5 Å². The molecule has 2 aromatic rings. The standard InChI is InChI=1S/C16H27N2O7P.C15H25N2O8P.FH.H3N/c1-5-13(7-11-26(4,21)23-3)25-15(12-24-10-9-22-2)18-8-6-14(19)17-16(18)20;1-22-7-8-24-11-14(17-6-4-13(19)16-15(17)20)25-12(10-18)5-9-26(3,21)23-2;;/h6-8,11,13,15H,5,9-10,12H2,1-4H3,(H,17,19,20);4-6,9,12,14,18H,7-8,10-11H2,1-3H3,(H,16,19,20);1H;1H3/b11-7+;9-5+;;/t13-,15+,26?;12-,14-,26?;;/m01../s1. The predicted molar refractivity (Wildman–Crippen MR) is 200 cm³/mol. The van der Waals surface area contributed by atoms with Crippen molar-refractivity contribution in [2.75, 3.05) is 88.0 Å². The lowest BCUT2D eigenvalue weighted by Crippen LogP contribution is -2.36. The van der Waals surface area contributed by atoms with Crippen molar-refractivity contribution in [3.8, 4) is 0 Å². The Morgan fingerprint density at radius 2 is 1.11 bits per heavy atom. The summed E-state index contributed by atoms with van der Waals surface area (Å²) in [6, 6.07) is 2.40. The number of aromatic nitrogens is 4. The van der Waals surface area contributed by atoms with Gasteiger partial charge >= 0.3 is 11.4 Å². The average Bonchev–Trinajstić information content (AvgIpc) is 3.11. The minimum absolute atomic E-state index is 0. The molecule has 0 radical (unpaired) electrons. The summed E-state index contributed by atoms with van der Waals surface area (Å²) in [5, 5.41) is 9.50. The third-order valence-electron chi connectivity index (χ3n) is 6.82. The molecule has 23 heteroatoms. The Balaban J connectivity index is 0. The quantitative estimate of drug-likeness (QED) is 0.0871. The van der Waals surface area contributed by atoms with Crippen molar-refractivity contribution in [1.29, 1.82) is 0 Å². The van der Waals surface area contributed by atoms with Crippen LogP contribution in [0.25, 0.3) is 0 Å². The third kappa shape index (κ3) is 21.1. The number of H-pyrrole nitrogens is 2. The molecule has 6 atom stereocenters. The van der Waals surface area contributed by atoms with E-state index >= 15 is 0 Å². The zero-order chi connectivity index (χ0) is 39.2. The fourth-order valence-electron chi connectivity index (χ4n) is 3.79. The highest BCUT2D eigenvalue weighted by Gasteiger charge is 2.21. The summed E-state index contributed by atoms with van der Waals surface area (Å²) in [4.78, 5) is 50.9. The summed E-state index contributed by atoms with van der Waals surface area (Å²) in [6.07, 6.45) is 3.23. The second-order valence-electron chi connectivity index (χ2n) is 10.9. The van der Waals surface area contributed by atoms with E-state index < -0.39 is 68.5 Å². The second-order valence-corrected chi connectivity index (χ2v) is 15.8. The molecule has 0 aliphatic heterocycles. The average molecular weight is 820 g/mol. The van der Waals surface area contributed by atoms with Gasteiger partial charge in [0.1, 0.15) is 6.10 Å². The van der Waals surface area contributed by atoms with Gasteiger partial charge < -0.3 is 48.7 Å². The number of halogens is 1. The summed E-state index contributed by atoms with van der Waals surface area (Å²) in [5.74, 6) is 2.78. The number of hydrogen-bond acceptors (Lipinski definition) is 16. The first kappa shape index (κ1) is 52.9. The van der Waals surface area contributed by atoms with Crippen molar-refractivity contribution in [3.63, 3.8) is 0 Å². The highest BCUT2D eigenvalue weighted by atomic mass is 31.2. The van der Waals surface area contributed by atoms with Crippen LogP contribution >= 0.6 is 14.7 Å². The van der Waals surface area contributed by atoms with Gasteiger partial charge in [-0.15, -0.1) is 0 Å². The topological polar surface area (TPSA) is 273 Å². The number of nitrogens with zero attached hydrogens (tertiary/aromatic N) is 2. The fourth-order valence-corrected chi connectivity index (χ4v) is 5.04. The molecule has 2 rings (SSSR count). The molecule has 0 saturated heterocycles. The van der Waals surface area contributed by atoms with E-state index in [1.807, 2.05) is 6.92 Å². The zero-order valence-electron chi connectivity index (χ0n) is 31.7. The van der Waals surface area contributed by atoms with Gasteiger partial charge in [-0.25, -0.2) is 9.59 Å². The smallest absolute Gasteiger partial charge is 0.330 e. The van der Waals surface area contributed by atoms with Gasteiger partial charge in [-0.1, -0.05) is 13.0 Å². The number of aromatic amines is 2. The number of methoxy groups -OCH3 is 2. The Labute approximate surface area is 312 Å². The lowest BCUT2D eigenvalue weighted by Gasteiger charge is -2.24. The van der Waals surface area contributed by atoms with Crippen LogP contribution < -0.4 is 28.6 Å². The first-order valence-electron chi connectivity index (χ1n) is 16.0. The molecule has 0 aliphatic rings. The maximum Gasteiger partial charge on any atom is 0.330 e. The maximum atomic E-state index is 12.1. The number of rotatable bonds is 24. The SMILES string of the molecule is CC[C@@H](/C=C/P(C)(=O)OC)O[C@H](COCCOC)n1ccc(=O)[nH]c1=O.COCCOC[C@@H](O[C@H](/C=C/P(C)(=O)OC)CO)n1ccc(=O)[nH]c1=O.F.N. The van der Waals surface area contributed by atoms with E-state index in [1.54, 1.807) is 13.2 Å². The van der Waals surface area contributed by atoms with Crippen LogP contribution in [0.15, 0.2) is 67.5 Å². The van der Waals surface area contributed by atoms with Gasteiger partial charge in [0.25, 0.3) is 11.1 Å². The molecule has 0 amide bonds. The predicted octanol–water partition coefficient (Wildman–Crippen LogP) is 2.02. The molecule has 0 bridgehead atoms. The van der Waals surface area contributed by atoms with Gasteiger partial charge in [0.05, 0.1) is 52.4 Å². The first-order chi connectivity index (χ1) is 24.6. The van der Waals surface area contributed by atoms with Crippen molar-refractivity contribution in [1.82, 2.24) is 25.3 Å². The molecule has 54 heavy (non-hydrogen) atoms. The van der Waals surface area contributed by atoms with Crippen LogP contribution in [-0.2, 0) is 46.6 Å². The minimum atomic E-state index is -2.94. The number of aliphatic hydroxyl groups excluding tert-OH is 1. The van der Waals surface area contributed by atoms with Crippen LogP contribution in [0.3, 0.4) is 0 Å². The number of hydrogen-bond donors (Lipinski definition) is 4. The van der Waals surface area contributed by atoms with Crippen LogP contribution in [0.4, 0.5) is 4.70 Å². The molecule has 2 heterocycles. The van der Waals surface area contributed by atoms with Crippen molar-refractivity contribution in [2.45, 2.75) is 38.0 Å². The van der Waals surface area contributed by atoms with Crippen LogP contribution in [0, 0.1) is 0 Å². The summed E-state index contributed by atoms with van der Waals surface area (Å²) >= 11 is 0. The van der Waals surface area contributed by atoms with Crippen LogP contribution in [0.5, 0.6) is 0 Å². The van der Waals surface area contributed by atoms with Crippen molar-refractivity contribution in [3.05, 3.63) is 90.0 Å². The Hall–Kier alpha value is -3.17. The number of aliphatic hydroxyl groups is 1. The Morgan fingerprint density at radius 3 is 1.44 bits per heavy atom. The first-order valence-corrected chi connectivity index (χ1v) is 20.3. The van der Waals surface area contributed by atoms with E-state index in [9.17, 15) is 33.4 Å². The molecular formula is C31H56FN5O15P2. The molecule has 20 nitrogen and oxygen atoms in total. The Morgan fingerprint density at radius 1 is 0.722 bits per heavy atom. The molecule has 2 aromatic heterocycles. The van der Waals surface area contributed by atoms with Gasteiger partial charge in [0.15, 0.2) is 12.5 Å². The van der Waals surface area contributed by atoms with Gasteiger partial charge in [0, 0.05) is 66.3 Å². The van der Waals surface area contributed by atoms with E-state index in [0.717, 1.165) is 4.57 Å². The Kier molecular flexibility index (Phi) is 27.7. The Bertz CT molecular complexity index is 1590. The molecule has 0 spiro atoms. The largest absolute Gasteiger partial charge is 0.393 e. The lowest BCUT2D eigenvalue weighted by atomic mass is 10.3. The lowest BCUT2D eigenvalue weighted by molar-refractivity contribution is -0.0984. The normalized spacial score (nSPS) is 15.9. The van der Waals surface area contributed by atoms with E-state index in [2.05, 4.69) is 9.97 Å². The third-order valence-corrected chi connectivity index (χ3v) is 9.70. The van der Waals surface area contributed by atoms with Gasteiger partial charge in [-0.2, -0.15) is 0 Å². The molecule has 312 valence electrons. The van der Waals surface area contributed by atoms with Gasteiger partial charge in [-0.05, 0) is 24.1 Å². The summed E-state index contributed by atoms with van der Waals surface area (Å²) in [5.41, 5.74) is -2.33. The second kappa shape index (κ2) is 28.3. The van der Waals surface area contributed by atoms with E-state index in [-0.39, 0.29) is 30.7 Å². The van der Waals surface area contributed by atoms with Crippen LogP contribution in [-0.4, -0.2) is 124 Å².